The summed E-state index contributed by atoms with van der Waals surface area (Å²) >= 11 is 9.55. The SMILES string of the molecule is Cn1c(SCCc2ccccc2Cl)nnc1-c1cccs1. The van der Waals surface area contributed by atoms with Crippen LogP contribution in [0, 0.1) is 0 Å². The van der Waals surface area contributed by atoms with Gasteiger partial charge in [0.15, 0.2) is 11.0 Å². The molecular formula is C15H14ClN3S2. The third-order valence-corrected chi connectivity index (χ3v) is 5.39. The standard InChI is InChI=1S/C15H14ClN3S2/c1-19-14(13-7-4-9-20-13)17-18-15(19)21-10-8-11-5-2-3-6-12(11)16/h2-7,9H,8,10H2,1H3. The number of rotatable bonds is 5. The molecule has 3 aromatic rings. The highest BCUT2D eigenvalue weighted by molar-refractivity contribution is 7.99. The average molecular weight is 336 g/mol. The fourth-order valence-electron chi connectivity index (χ4n) is 2.01. The Kier molecular flexibility index (Phi) is 4.63. The predicted octanol–water partition coefficient (Wildman–Crippen LogP) is 4.53. The largest absolute Gasteiger partial charge is 0.305 e. The molecule has 0 spiro atoms. The zero-order valence-corrected chi connectivity index (χ0v) is 13.9. The maximum atomic E-state index is 6.17. The van der Waals surface area contributed by atoms with Gasteiger partial charge in [0.2, 0.25) is 0 Å². The Bertz CT molecular complexity index is 722. The summed E-state index contributed by atoms with van der Waals surface area (Å²) in [6.07, 6.45) is 0.922. The van der Waals surface area contributed by atoms with E-state index in [2.05, 4.69) is 22.3 Å². The van der Waals surface area contributed by atoms with Gasteiger partial charge in [-0.2, -0.15) is 0 Å². The summed E-state index contributed by atoms with van der Waals surface area (Å²) in [5.74, 6) is 1.85. The van der Waals surface area contributed by atoms with Gasteiger partial charge < -0.3 is 4.57 Å². The number of benzene rings is 1. The highest BCUT2D eigenvalue weighted by Gasteiger charge is 2.11. The number of hydrogen-bond donors (Lipinski definition) is 0. The number of aromatic nitrogens is 3. The van der Waals surface area contributed by atoms with E-state index in [1.807, 2.05) is 41.3 Å². The van der Waals surface area contributed by atoms with Gasteiger partial charge in [-0.3, -0.25) is 0 Å². The van der Waals surface area contributed by atoms with Crippen molar-refractivity contribution in [3.63, 3.8) is 0 Å². The van der Waals surface area contributed by atoms with Crippen LogP contribution in [0.2, 0.25) is 5.02 Å². The number of halogens is 1. The van der Waals surface area contributed by atoms with Crippen molar-refractivity contribution in [2.45, 2.75) is 11.6 Å². The zero-order chi connectivity index (χ0) is 14.7. The van der Waals surface area contributed by atoms with Crippen molar-refractivity contribution in [1.29, 1.82) is 0 Å². The lowest BCUT2D eigenvalue weighted by atomic mass is 10.2. The first-order chi connectivity index (χ1) is 10.3. The summed E-state index contributed by atoms with van der Waals surface area (Å²) < 4.78 is 2.04. The first kappa shape index (κ1) is 14.6. The molecule has 2 heterocycles. The van der Waals surface area contributed by atoms with Crippen molar-refractivity contribution in [1.82, 2.24) is 14.8 Å². The van der Waals surface area contributed by atoms with Crippen LogP contribution in [-0.4, -0.2) is 20.5 Å². The monoisotopic (exact) mass is 335 g/mol. The molecule has 3 rings (SSSR count). The van der Waals surface area contributed by atoms with Crippen LogP contribution < -0.4 is 0 Å². The molecule has 0 atom stereocenters. The number of thioether (sulfide) groups is 1. The van der Waals surface area contributed by atoms with Crippen LogP contribution in [0.1, 0.15) is 5.56 Å². The molecule has 0 unspecified atom stereocenters. The van der Waals surface area contributed by atoms with Crippen LogP contribution in [0.15, 0.2) is 46.9 Å². The van der Waals surface area contributed by atoms with Crippen LogP contribution in [0.4, 0.5) is 0 Å². The molecule has 0 N–H and O–H groups in total. The maximum Gasteiger partial charge on any atom is 0.191 e. The molecule has 1 aromatic carbocycles. The Morgan fingerprint density at radius 2 is 2.05 bits per heavy atom. The quantitative estimate of drug-likeness (QED) is 0.642. The summed E-state index contributed by atoms with van der Waals surface area (Å²) in [5, 5.41) is 12.4. The molecule has 21 heavy (non-hydrogen) atoms. The molecular weight excluding hydrogens is 322 g/mol. The van der Waals surface area contributed by atoms with Crippen molar-refractivity contribution >= 4 is 34.7 Å². The molecule has 0 saturated heterocycles. The summed E-state index contributed by atoms with van der Waals surface area (Å²) in [6, 6.07) is 12.1. The molecule has 0 aliphatic carbocycles. The lowest BCUT2D eigenvalue weighted by molar-refractivity contribution is 0.794. The Morgan fingerprint density at radius 3 is 2.81 bits per heavy atom. The maximum absolute atomic E-state index is 6.17. The van der Waals surface area contributed by atoms with Crippen molar-refractivity contribution in [2.24, 2.45) is 7.05 Å². The van der Waals surface area contributed by atoms with Crippen LogP contribution in [0.25, 0.3) is 10.7 Å². The minimum Gasteiger partial charge on any atom is -0.305 e. The molecule has 2 aromatic heterocycles. The predicted molar refractivity (Wildman–Crippen MR) is 90.2 cm³/mol. The molecule has 0 aliphatic heterocycles. The Hall–Kier alpha value is -1.30. The van der Waals surface area contributed by atoms with Gasteiger partial charge in [0.1, 0.15) is 0 Å². The van der Waals surface area contributed by atoms with E-state index >= 15 is 0 Å². The van der Waals surface area contributed by atoms with Gasteiger partial charge in [-0.15, -0.1) is 21.5 Å². The van der Waals surface area contributed by atoms with E-state index in [0.29, 0.717) is 0 Å². The molecule has 0 bridgehead atoms. The van der Waals surface area contributed by atoms with Crippen LogP contribution >= 0.6 is 34.7 Å². The van der Waals surface area contributed by atoms with Gasteiger partial charge in [0, 0.05) is 17.8 Å². The summed E-state index contributed by atoms with van der Waals surface area (Å²) in [4.78, 5) is 1.14. The second-order valence-electron chi connectivity index (χ2n) is 4.53. The van der Waals surface area contributed by atoms with E-state index in [9.17, 15) is 0 Å². The fraction of sp³-hybridized carbons (Fsp3) is 0.200. The van der Waals surface area contributed by atoms with Crippen molar-refractivity contribution in [2.75, 3.05) is 5.75 Å². The Morgan fingerprint density at radius 1 is 1.19 bits per heavy atom. The summed E-state index contributed by atoms with van der Waals surface area (Å²) in [5.41, 5.74) is 1.17. The molecule has 0 radical (unpaired) electrons. The summed E-state index contributed by atoms with van der Waals surface area (Å²) in [7, 11) is 2.01. The van der Waals surface area contributed by atoms with Crippen molar-refractivity contribution in [3.05, 3.63) is 52.4 Å². The third-order valence-electron chi connectivity index (χ3n) is 3.14. The minimum atomic E-state index is 0.829. The van der Waals surface area contributed by atoms with Gasteiger partial charge in [0.25, 0.3) is 0 Å². The topological polar surface area (TPSA) is 30.7 Å². The van der Waals surface area contributed by atoms with Crippen LogP contribution in [0.5, 0.6) is 0 Å². The smallest absolute Gasteiger partial charge is 0.191 e. The van der Waals surface area contributed by atoms with Crippen molar-refractivity contribution < 1.29 is 0 Å². The van der Waals surface area contributed by atoms with E-state index in [1.54, 1.807) is 23.1 Å². The normalized spacial score (nSPS) is 11.0. The van der Waals surface area contributed by atoms with E-state index in [0.717, 1.165) is 33.1 Å². The number of hydrogen-bond acceptors (Lipinski definition) is 4. The minimum absolute atomic E-state index is 0.829. The Balaban J connectivity index is 1.65. The average Bonchev–Trinajstić information content (AvgIpc) is 3.11. The lowest BCUT2D eigenvalue weighted by Gasteiger charge is -2.04. The molecule has 108 valence electrons. The van der Waals surface area contributed by atoms with E-state index in [1.165, 1.54) is 5.56 Å². The third kappa shape index (κ3) is 3.31. The molecule has 3 nitrogen and oxygen atoms in total. The van der Waals surface area contributed by atoms with Gasteiger partial charge in [-0.25, -0.2) is 0 Å². The van der Waals surface area contributed by atoms with Gasteiger partial charge in [-0.05, 0) is 29.5 Å². The summed E-state index contributed by atoms with van der Waals surface area (Å²) in [6.45, 7) is 0. The number of thiophene rings is 1. The van der Waals surface area contributed by atoms with E-state index in [-0.39, 0.29) is 0 Å². The highest BCUT2D eigenvalue weighted by atomic mass is 35.5. The first-order valence-electron chi connectivity index (χ1n) is 6.55. The van der Waals surface area contributed by atoms with Crippen LogP contribution in [0.3, 0.4) is 0 Å². The highest BCUT2D eigenvalue weighted by Crippen LogP contribution is 2.26. The van der Waals surface area contributed by atoms with E-state index < -0.39 is 0 Å². The van der Waals surface area contributed by atoms with E-state index in [4.69, 9.17) is 11.6 Å². The number of aryl methyl sites for hydroxylation is 1. The second kappa shape index (κ2) is 6.64. The fourth-order valence-corrected chi connectivity index (χ4v) is 3.87. The Labute approximate surface area is 137 Å². The molecule has 0 aliphatic rings. The first-order valence-corrected chi connectivity index (χ1v) is 8.79. The second-order valence-corrected chi connectivity index (χ2v) is 6.95. The number of nitrogens with zero attached hydrogens (tertiary/aromatic N) is 3. The van der Waals surface area contributed by atoms with Crippen molar-refractivity contribution in [3.8, 4) is 10.7 Å². The lowest BCUT2D eigenvalue weighted by Crippen LogP contribution is -1.96. The van der Waals surface area contributed by atoms with Gasteiger partial charge in [-0.1, -0.05) is 47.6 Å². The molecule has 0 saturated carbocycles. The van der Waals surface area contributed by atoms with Gasteiger partial charge in [0.05, 0.1) is 4.88 Å². The zero-order valence-electron chi connectivity index (χ0n) is 11.5. The van der Waals surface area contributed by atoms with Crippen LogP contribution in [-0.2, 0) is 13.5 Å². The molecule has 0 fully saturated rings. The molecule has 0 amide bonds. The molecule has 6 heteroatoms. The van der Waals surface area contributed by atoms with Gasteiger partial charge >= 0.3 is 0 Å².